The summed E-state index contributed by atoms with van der Waals surface area (Å²) in [5.74, 6) is -0.703. The predicted octanol–water partition coefficient (Wildman–Crippen LogP) is 3.24. The standard InChI is InChI=1S/C22H17N3O2/c1-24-12-15(14-8-4-6-10-17(14)24)19-20(22(27)23-21(19)26)18-11-13-7-3-5-9-16(13)25(18)2/h3-12H,1-2H3,(H,23,26,27). The fraction of sp³-hybridized carbons (Fsp3) is 0.0909. The number of imide groups is 1. The average Bonchev–Trinajstić information content (AvgIpc) is 3.27. The number of benzene rings is 2. The molecule has 5 heteroatoms. The smallest absolute Gasteiger partial charge is 0.261 e. The van der Waals surface area contributed by atoms with Crippen LogP contribution in [0.1, 0.15) is 11.3 Å². The molecule has 2 amide bonds. The van der Waals surface area contributed by atoms with Gasteiger partial charge in [0.2, 0.25) is 0 Å². The van der Waals surface area contributed by atoms with E-state index in [0.29, 0.717) is 11.1 Å². The molecule has 1 aliphatic rings. The molecule has 0 fully saturated rings. The summed E-state index contributed by atoms with van der Waals surface area (Å²) < 4.78 is 3.95. The molecular formula is C22H17N3O2. The average molecular weight is 355 g/mol. The van der Waals surface area contributed by atoms with E-state index < -0.39 is 0 Å². The van der Waals surface area contributed by atoms with Gasteiger partial charge in [0.1, 0.15) is 0 Å². The number of aromatic nitrogens is 2. The molecule has 27 heavy (non-hydrogen) atoms. The van der Waals surface area contributed by atoms with E-state index in [9.17, 15) is 9.59 Å². The molecule has 132 valence electrons. The molecule has 0 unspecified atom stereocenters. The second-order valence-corrected chi connectivity index (χ2v) is 6.85. The Hall–Kier alpha value is -3.60. The number of aryl methyl sites for hydroxylation is 2. The van der Waals surface area contributed by atoms with Gasteiger partial charge in [-0.25, -0.2) is 0 Å². The molecule has 0 radical (unpaired) electrons. The SMILES string of the molecule is Cn1cc(C2=C(c3cc4ccccc4n3C)C(=O)NC2=O)c2ccccc21. The van der Waals surface area contributed by atoms with Crippen LogP contribution in [0.25, 0.3) is 33.0 Å². The van der Waals surface area contributed by atoms with Crippen molar-refractivity contribution >= 4 is 44.8 Å². The largest absolute Gasteiger partial charge is 0.350 e. The maximum absolute atomic E-state index is 12.7. The zero-order valence-electron chi connectivity index (χ0n) is 15.0. The summed E-state index contributed by atoms with van der Waals surface area (Å²) in [6, 6.07) is 17.8. The highest BCUT2D eigenvalue weighted by Crippen LogP contribution is 2.37. The van der Waals surface area contributed by atoms with Crippen molar-refractivity contribution in [2.24, 2.45) is 14.1 Å². The quantitative estimate of drug-likeness (QED) is 0.561. The minimum Gasteiger partial charge on any atom is -0.350 e. The molecular weight excluding hydrogens is 338 g/mol. The number of nitrogens with zero attached hydrogens (tertiary/aromatic N) is 2. The van der Waals surface area contributed by atoms with Crippen molar-refractivity contribution in [1.82, 2.24) is 14.5 Å². The summed E-state index contributed by atoms with van der Waals surface area (Å²) in [5, 5.41) is 4.47. The molecule has 0 spiro atoms. The van der Waals surface area contributed by atoms with Crippen molar-refractivity contribution < 1.29 is 9.59 Å². The molecule has 1 N–H and O–H groups in total. The molecule has 3 heterocycles. The van der Waals surface area contributed by atoms with E-state index in [1.165, 1.54) is 0 Å². The monoisotopic (exact) mass is 355 g/mol. The van der Waals surface area contributed by atoms with E-state index in [-0.39, 0.29) is 11.8 Å². The van der Waals surface area contributed by atoms with Gasteiger partial charge in [-0.1, -0.05) is 36.4 Å². The van der Waals surface area contributed by atoms with Gasteiger partial charge in [0.05, 0.1) is 16.8 Å². The van der Waals surface area contributed by atoms with Crippen molar-refractivity contribution in [2.45, 2.75) is 0 Å². The Morgan fingerprint density at radius 1 is 0.815 bits per heavy atom. The Balaban J connectivity index is 1.86. The highest BCUT2D eigenvalue weighted by atomic mass is 16.2. The lowest BCUT2D eigenvalue weighted by molar-refractivity contribution is -0.122. The fourth-order valence-electron chi connectivity index (χ4n) is 4.03. The third-order valence-corrected chi connectivity index (χ3v) is 5.31. The Bertz CT molecular complexity index is 1300. The van der Waals surface area contributed by atoms with Crippen molar-refractivity contribution in [3.8, 4) is 0 Å². The zero-order valence-corrected chi connectivity index (χ0v) is 15.0. The van der Waals surface area contributed by atoms with Gasteiger partial charge in [-0.15, -0.1) is 0 Å². The van der Waals surface area contributed by atoms with E-state index in [2.05, 4.69) is 5.32 Å². The molecule has 0 aliphatic carbocycles. The van der Waals surface area contributed by atoms with Crippen molar-refractivity contribution in [3.05, 3.63) is 72.1 Å². The topological polar surface area (TPSA) is 56.0 Å². The first kappa shape index (κ1) is 15.6. The van der Waals surface area contributed by atoms with Crippen LogP contribution in [-0.2, 0) is 23.7 Å². The highest BCUT2D eigenvalue weighted by Gasteiger charge is 2.35. The van der Waals surface area contributed by atoms with Gasteiger partial charge in [0.25, 0.3) is 11.8 Å². The Morgan fingerprint density at radius 3 is 2.26 bits per heavy atom. The van der Waals surface area contributed by atoms with Gasteiger partial charge >= 0.3 is 0 Å². The number of amides is 2. The minimum absolute atomic E-state index is 0.350. The van der Waals surface area contributed by atoms with E-state index in [4.69, 9.17) is 0 Å². The summed E-state index contributed by atoms with van der Waals surface area (Å²) in [6.07, 6.45) is 1.92. The van der Waals surface area contributed by atoms with Gasteiger partial charge < -0.3 is 9.13 Å². The molecule has 4 aromatic rings. The van der Waals surface area contributed by atoms with Crippen LogP contribution in [0.3, 0.4) is 0 Å². The molecule has 0 saturated carbocycles. The van der Waals surface area contributed by atoms with Crippen LogP contribution in [0, 0.1) is 0 Å². The van der Waals surface area contributed by atoms with Gasteiger partial charge in [-0.3, -0.25) is 14.9 Å². The number of fused-ring (bicyclic) bond motifs is 2. The summed E-state index contributed by atoms with van der Waals surface area (Å²) in [7, 11) is 3.86. The summed E-state index contributed by atoms with van der Waals surface area (Å²) >= 11 is 0. The Kier molecular flexibility index (Phi) is 3.15. The maximum atomic E-state index is 12.7. The molecule has 0 saturated heterocycles. The fourth-order valence-corrected chi connectivity index (χ4v) is 4.03. The lowest BCUT2D eigenvalue weighted by Crippen LogP contribution is -2.23. The second kappa shape index (κ2) is 5.45. The van der Waals surface area contributed by atoms with E-state index in [1.54, 1.807) is 0 Å². The Labute approximate surface area is 155 Å². The molecule has 5 nitrogen and oxygen atoms in total. The number of para-hydroxylation sites is 2. The van der Waals surface area contributed by atoms with Crippen LogP contribution in [0.5, 0.6) is 0 Å². The van der Waals surface area contributed by atoms with Gasteiger partial charge in [-0.05, 0) is 18.2 Å². The normalized spacial score (nSPS) is 14.6. The summed E-state index contributed by atoms with van der Waals surface area (Å²) in [6.45, 7) is 0. The van der Waals surface area contributed by atoms with Crippen molar-refractivity contribution in [3.63, 3.8) is 0 Å². The van der Waals surface area contributed by atoms with Crippen LogP contribution >= 0.6 is 0 Å². The van der Waals surface area contributed by atoms with E-state index >= 15 is 0 Å². The maximum Gasteiger partial charge on any atom is 0.261 e. The molecule has 2 aromatic heterocycles. The predicted molar refractivity (Wildman–Crippen MR) is 106 cm³/mol. The van der Waals surface area contributed by atoms with Crippen molar-refractivity contribution in [2.75, 3.05) is 0 Å². The third-order valence-electron chi connectivity index (χ3n) is 5.31. The van der Waals surface area contributed by atoms with Gasteiger partial charge in [0.15, 0.2) is 0 Å². The molecule has 2 aromatic carbocycles. The first-order valence-corrected chi connectivity index (χ1v) is 8.75. The summed E-state index contributed by atoms with van der Waals surface area (Å²) in [4.78, 5) is 25.5. The third kappa shape index (κ3) is 2.11. The number of carbonyl (C=O) groups is 2. The number of hydrogen-bond donors (Lipinski definition) is 1. The van der Waals surface area contributed by atoms with Crippen LogP contribution in [0.2, 0.25) is 0 Å². The number of rotatable bonds is 2. The van der Waals surface area contributed by atoms with E-state index in [1.807, 2.05) is 84.0 Å². The molecule has 5 rings (SSSR count). The number of nitrogens with one attached hydrogen (secondary N) is 1. The first-order valence-electron chi connectivity index (χ1n) is 8.75. The van der Waals surface area contributed by atoms with Crippen LogP contribution in [0.15, 0.2) is 60.8 Å². The van der Waals surface area contributed by atoms with Gasteiger partial charge in [-0.2, -0.15) is 0 Å². The van der Waals surface area contributed by atoms with Crippen LogP contribution in [0.4, 0.5) is 0 Å². The van der Waals surface area contributed by atoms with E-state index in [0.717, 1.165) is 33.1 Å². The first-order chi connectivity index (χ1) is 13.1. The molecule has 1 aliphatic heterocycles. The molecule has 0 bridgehead atoms. The van der Waals surface area contributed by atoms with Crippen LogP contribution in [-0.4, -0.2) is 20.9 Å². The lowest BCUT2D eigenvalue weighted by Gasteiger charge is -2.06. The number of carbonyl (C=O) groups excluding carboxylic acids is 2. The minimum atomic E-state index is -0.353. The second-order valence-electron chi connectivity index (χ2n) is 6.85. The summed E-state index contributed by atoms with van der Waals surface area (Å²) in [5.41, 5.74) is 4.41. The highest BCUT2D eigenvalue weighted by molar-refractivity contribution is 6.50. The molecule has 0 atom stereocenters. The van der Waals surface area contributed by atoms with Gasteiger partial charge in [0, 0.05) is 47.7 Å². The van der Waals surface area contributed by atoms with Crippen LogP contribution < -0.4 is 5.32 Å². The van der Waals surface area contributed by atoms with Crippen molar-refractivity contribution in [1.29, 1.82) is 0 Å². The lowest BCUT2D eigenvalue weighted by atomic mass is 9.99. The zero-order chi connectivity index (χ0) is 18.7. The number of hydrogen-bond acceptors (Lipinski definition) is 2. The Morgan fingerprint density at radius 2 is 1.48 bits per heavy atom.